The van der Waals surface area contributed by atoms with Gasteiger partial charge >= 0.3 is 0 Å². The molecule has 0 aromatic heterocycles. The molecule has 0 aromatic rings. The molecule has 0 saturated carbocycles. The van der Waals surface area contributed by atoms with Gasteiger partial charge in [-0.3, -0.25) is 0 Å². The third kappa shape index (κ3) is 1.57. The molecule has 2 nitrogen and oxygen atoms in total. The van der Waals surface area contributed by atoms with Gasteiger partial charge in [0.25, 0.3) is 0 Å². The zero-order chi connectivity index (χ0) is 8.65. The van der Waals surface area contributed by atoms with Crippen molar-refractivity contribution in [3.63, 3.8) is 0 Å². The molecule has 4 unspecified atom stereocenters. The molecule has 4 atom stereocenters. The molecule has 0 spiro atoms. The molecule has 0 aromatic carbocycles. The SMILES string of the molecule is CC1CC(C)C(C)(O)C(C)O1. The second kappa shape index (κ2) is 2.76. The summed E-state index contributed by atoms with van der Waals surface area (Å²) in [4.78, 5) is 0. The van der Waals surface area contributed by atoms with Crippen LogP contribution in [0.25, 0.3) is 0 Å². The van der Waals surface area contributed by atoms with Crippen molar-refractivity contribution in [1.82, 2.24) is 0 Å². The molecule has 0 bridgehead atoms. The standard InChI is InChI=1S/C9H18O2/c1-6-5-7(2)11-8(3)9(6,4)10/h6-8,10H,5H2,1-4H3. The lowest BCUT2D eigenvalue weighted by atomic mass is 9.80. The summed E-state index contributed by atoms with van der Waals surface area (Å²) in [5, 5.41) is 9.90. The molecule has 1 N–H and O–H groups in total. The number of hydrogen-bond donors (Lipinski definition) is 1. The van der Waals surface area contributed by atoms with Crippen LogP contribution in [0.5, 0.6) is 0 Å². The normalized spacial score (nSPS) is 52.6. The van der Waals surface area contributed by atoms with Gasteiger partial charge in [-0.2, -0.15) is 0 Å². The van der Waals surface area contributed by atoms with Crippen molar-refractivity contribution in [2.24, 2.45) is 5.92 Å². The summed E-state index contributed by atoms with van der Waals surface area (Å²) in [6, 6.07) is 0. The maximum absolute atomic E-state index is 9.90. The Morgan fingerprint density at radius 2 is 1.91 bits per heavy atom. The monoisotopic (exact) mass is 158 g/mol. The lowest BCUT2D eigenvalue weighted by molar-refractivity contribution is -0.182. The van der Waals surface area contributed by atoms with Crippen LogP contribution in [0, 0.1) is 5.92 Å². The molecule has 1 rings (SSSR count). The highest BCUT2D eigenvalue weighted by Gasteiger charge is 2.40. The Morgan fingerprint density at radius 3 is 2.36 bits per heavy atom. The van der Waals surface area contributed by atoms with E-state index in [0.717, 1.165) is 6.42 Å². The number of ether oxygens (including phenoxy) is 1. The van der Waals surface area contributed by atoms with E-state index in [-0.39, 0.29) is 6.10 Å². The Labute approximate surface area is 68.6 Å². The van der Waals surface area contributed by atoms with E-state index in [0.29, 0.717) is 12.0 Å². The van der Waals surface area contributed by atoms with Crippen LogP contribution in [0.3, 0.4) is 0 Å². The first-order valence-corrected chi connectivity index (χ1v) is 4.32. The zero-order valence-corrected chi connectivity index (χ0v) is 7.79. The number of rotatable bonds is 0. The van der Waals surface area contributed by atoms with E-state index >= 15 is 0 Å². The minimum atomic E-state index is -0.646. The summed E-state index contributed by atoms with van der Waals surface area (Å²) >= 11 is 0. The van der Waals surface area contributed by atoms with Crippen LogP contribution >= 0.6 is 0 Å². The van der Waals surface area contributed by atoms with Crippen LogP contribution in [0.2, 0.25) is 0 Å². The van der Waals surface area contributed by atoms with Crippen LogP contribution < -0.4 is 0 Å². The van der Waals surface area contributed by atoms with E-state index in [1.54, 1.807) is 0 Å². The van der Waals surface area contributed by atoms with Crippen molar-refractivity contribution in [2.75, 3.05) is 0 Å². The van der Waals surface area contributed by atoms with Gasteiger partial charge in [0.05, 0.1) is 17.8 Å². The molecule has 1 aliphatic heterocycles. The first-order chi connectivity index (χ1) is 4.94. The first-order valence-electron chi connectivity index (χ1n) is 4.32. The molecule has 1 heterocycles. The molecular weight excluding hydrogens is 140 g/mol. The maximum Gasteiger partial charge on any atom is 0.0903 e. The predicted octanol–water partition coefficient (Wildman–Crippen LogP) is 1.57. The maximum atomic E-state index is 9.90. The van der Waals surface area contributed by atoms with Gasteiger partial charge in [0.15, 0.2) is 0 Å². The summed E-state index contributed by atoms with van der Waals surface area (Å²) in [6.07, 6.45) is 1.21. The van der Waals surface area contributed by atoms with Gasteiger partial charge in [-0.1, -0.05) is 6.92 Å². The minimum Gasteiger partial charge on any atom is -0.387 e. The third-order valence-electron chi connectivity index (χ3n) is 2.94. The molecule has 2 heteroatoms. The Bertz CT molecular complexity index is 128. The molecule has 11 heavy (non-hydrogen) atoms. The number of hydrogen-bond acceptors (Lipinski definition) is 2. The van der Waals surface area contributed by atoms with Crippen molar-refractivity contribution in [2.45, 2.75) is 51.9 Å². The van der Waals surface area contributed by atoms with E-state index in [1.165, 1.54) is 0 Å². The van der Waals surface area contributed by atoms with E-state index < -0.39 is 5.60 Å². The minimum absolute atomic E-state index is 0.0405. The molecule has 0 radical (unpaired) electrons. The topological polar surface area (TPSA) is 29.5 Å². The second-order valence-electron chi connectivity index (χ2n) is 3.95. The van der Waals surface area contributed by atoms with Gasteiger partial charge in [-0.25, -0.2) is 0 Å². The third-order valence-corrected chi connectivity index (χ3v) is 2.94. The summed E-state index contributed by atoms with van der Waals surface area (Å²) in [6.45, 7) is 7.93. The fraction of sp³-hybridized carbons (Fsp3) is 1.00. The molecule has 1 fully saturated rings. The first kappa shape index (κ1) is 9.01. The lowest BCUT2D eigenvalue weighted by Gasteiger charge is -2.43. The average molecular weight is 158 g/mol. The van der Waals surface area contributed by atoms with Gasteiger partial charge in [0.1, 0.15) is 0 Å². The summed E-state index contributed by atoms with van der Waals surface area (Å²) < 4.78 is 5.52. The van der Waals surface area contributed by atoms with Gasteiger partial charge in [-0.15, -0.1) is 0 Å². The van der Waals surface area contributed by atoms with Gasteiger partial charge < -0.3 is 9.84 Å². The Morgan fingerprint density at radius 1 is 1.36 bits per heavy atom. The van der Waals surface area contributed by atoms with Crippen molar-refractivity contribution >= 4 is 0 Å². The van der Waals surface area contributed by atoms with E-state index in [1.807, 2.05) is 13.8 Å². The zero-order valence-electron chi connectivity index (χ0n) is 7.79. The highest BCUT2D eigenvalue weighted by molar-refractivity contribution is 4.90. The Kier molecular flexibility index (Phi) is 2.26. The molecule has 0 aliphatic carbocycles. The highest BCUT2D eigenvalue weighted by Crippen LogP contribution is 2.33. The Balaban J connectivity index is 2.67. The number of aliphatic hydroxyl groups is 1. The Hall–Kier alpha value is -0.0800. The summed E-state index contributed by atoms with van der Waals surface area (Å²) in [7, 11) is 0. The quantitative estimate of drug-likeness (QED) is 0.580. The summed E-state index contributed by atoms with van der Waals surface area (Å²) in [5.74, 6) is 0.334. The summed E-state index contributed by atoms with van der Waals surface area (Å²) in [5.41, 5.74) is -0.646. The molecule has 1 saturated heterocycles. The molecule has 66 valence electrons. The van der Waals surface area contributed by atoms with Crippen LogP contribution in [0.15, 0.2) is 0 Å². The fourth-order valence-electron chi connectivity index (χ4n) is 1.68. The van der Waals surface area contributed by atoms with Crippen molar-refractivity contribution in [3.8, 4) is 0 Å². The van der Waals surface area contributed by atoms with Gasteiger partial charge in [0.2, 0.25) is 0 Å². The molecular formula is C9H18O2. The smallest absolute Gasteiger partial charge is 0.0903 e. The van der Waals surface area contributed by atoms with Crippen LogP contribution in [0.4, 0.5) is 0 Å². The van der Waals surface area contributed by atoms with Crippen molar-refractivity contribution in [1.29, 1.82) is 0 Å². The van der Waals surface area contributed by atoms with E-state index in [2.05, 4.69) is 13.8 Å². The lowest BCUT2D eigenvalue weighted by Crippen LogP contribution is -2.51. The van der Waals surface area contributed by atoms with Crippen LogP contribution in [-0.4, -0.2) is 22.9 Å². The van der Waals surface area contributed by atoms with Crippen LogP contribution in [-0.2, 0) is 4.74 Å². The molecule has 0 amide bonds. The predicted molar refractivity (Wildman–Crippen MR) is 44.4 cm³/mol. The fourth-order valence-corrected chi connectivity index (χ4v) is 1.68. The van der Waals surface area contributed by atoms with E-state index in [9.17, 15) is 5.11 Å². The van der Waals surface area contributed by atoms with Crippen molar-refractivity contribution in [3.05, 3.63) is 0 Å². The largest absolute Gasteiger partial charge is 0.387 e. The van der Waals surface area contributed by atoms with E-state index in [4.69, 9.17) is 4.74 Å². The van der Waals surface area contributed by atoms with Crippen molar-refractivity contribution < 1.29 is 9.84 Å². The molecule has 1 aliphatic rings. The van der Waals surface area contributed by atoms with Crippen LogP contribution in [0.1, 0.15) is 34.1 Å². The van der Waals surface area contributed by atoms with Gasteiger partial charge in [-0.05, 0) is 33.1 Å². The second-order valence-corrected chi connectivity index (χ2v) is 3.95. The van der Waals surface area contributed by atoms with Gasteiger partial charge in [0, 0.05) is 0 Å². The highest BCUT2D eigenvalue weighted by atomic mass is 16.5. The average Bonchev–Trinajstić information content (AvgIpc) is 1.84.